The fourth-order valence-corrected chi connectivity index (χ4v) is 2.92. The van der Waals surface area contributed by atoms with Gasteiger partial charge in [-0.05, 0) is 63.2 Å². The third-order valence-electron chi connectivity index (χ3n) is 4.16. The highest BCUT2D eigenvalue weighted by atomic mass is 15.2. The zero-order chi connectivity index (χ0) is 12.4. The molecule has 1 aromatic rings. The Morgan fingerprint density at radius 2 is 2.06 bits per heavy atom. The first-order valence-corrected chi connectivity index (χ1v) is 7.23. The Bertz CT molecular complexity index is 394. The fraction of sp³-hybridized carbons (Fsp3) is 0.667. The topological polar surface area (TPSA) is 28.2 Å². The van der Waals surface area contributed by atoms with E-state index in [1.54, 1.807) is 0 Å². The van der Waals surface area contributed by atoms with Crippen LogP contribution >= 0.6 is 0 Å². The SMILES string of the molecule is Cc1cccnc1N(CC1CCNCC1)C1CC1. The normalized spacial score (nSPS) is 20.9. The molecular weight excluding hydrogens is 222 g/mol. The second kappa shape index (κ2) is 5.27. The molecule has 0 atom stereocenters. The lowest BCUT2D eigenvalue weighted by atomic mass is 9.97. The van der Waals surface area contributed by atoms with E-state index in [1.807, 2.05) is 12.3 Å². The summed E-state index contributed by atoms with van der Waals surface area (Å²) in [7, 11) is 0. The second-order valence-electron chi connectivity index (χ2n) is 5.72. The van der Waals surface area contributed by atoms with Crippen molar-refractivity contribution in [1.29, 1.82) is 0 Å². The van der Waals surface area contributed by atoms with Crippen LogP contribution in [-0.2, 0) is 0 Å². The molecule has 18 heavy (non-hydrogen) atoms. The van der Waals surface area contributed by atoms with Gasteiger partial charge in [0.2, 0.25) is 0 Å². The van der Waals surface area contributed by atoms with E-state index in [-0.39, 0.29) is 0 Å². The van der Waals surface area contributed by atoms with Crippen LogP contribution in [0.2, 0.25) is 0 Å². The van der Waals surface area contributed by atoms with Gasteiger partial charge in [0.05, 0.1) is 0 Å². The van der Waals surface area contributed by atoms with E-state index in [0.717, 1.165) is 12.0 Å². The Labute approximate surface area is 110 Å². The summed E-state index contributed by atoms with van der Waals surface area (Å²) in [6.07, 6.45) is 7.26. The molecule has 0 aromatic carbocycles. The molecule has 1 saturated carbocycles. The van der Waals surface area contributed by atoms with Crippen molar-refractivity contribution in [2.45, 2.75) is 38.6 Å². The monoisotopic (exact) mass is 245 g/mol. The minimum absolute atomic E-state index is 0.758. The van der Waals surface area contributed by atoms with E-state index in [4.69, 9.17) is 0 Å². The van der Waals surface area contributed by atoms with E-state index in [9.17, 15) is 0 Å². The number of aryl methyl sites for hydroxylation is 1. The van der Waals surface area contributed by atoms with Crippen molar-refractivity contribution in [2.75, 3.05) is 24.5 Å². The molecule has 2 aliphatic rings. The summed E-state index contributed by atoms with van der Waals surface area (Å²) < 4.78 is 0. The molecule has 1 N–H and O–H groups in total. The van der Waals surface area contributed by atoms with Gasteiger partial charge in [-0.15, -0.1) is 0 Å². The summed E-state index contributed by atoms with van der Waals surface area (Å²) in [5.74, 6) is 2.06. The predicted octanol–water partition coefficient (Wildman–Crippen LogP) is 2.36. The minimum atomic E-state index is 0.758. The molecular formula is C15H23N3. The van der Waals surface area contributed by atoms with Crippen molar-refractivity contribution in [3.63, 3.8) is 0 Å². The molecule has 1 saturated heterocycles. The maximum absolute atomic E-state index is 4.62. The Kier molecular flexibility index (Phi) is 3.50. The summed E-state index contributed by atoms with van der Waals surface area (Å²) in [5.41, 5.74) is 1.32. The molecule has 1 aliphatic carbocycles. The first-order valence-electron chi connectivity index (χ1n) is 7.23. The summed E-state index contributed by atoms with van der Waals surface area (Å²) in [5, 5.41) is 3.45. The molecule has 3 rings (SSSR count). The molecule has 0 radical (unpaired) electrons. The molecule has 0 spiro atoms. The van der Waals surface area contributed by atoms with Crippen molar-refractivity contribution < 1.29 is 0 Å². The Morgan fingerprint density at radius 3 is 2.72 bits per heavy atom. The molecule has 0 amide bonds. The maximum atomic E-state index is 4.62. The average molecular weight is 245 g/mol. The zero-order valence-electron chi connectivity index (χ0n) is 11.2. The number of rotatable bonds is 4. The molecule has 3 heteroatoms. The number of aromatic nitrogens is 1. The fourth-order valence-electron chi connectivity index (χ4n) is 2.92. The van der Waals surface area contributed by atoms with Gasteiger partial charge in [0.1, 0.15) is 5.82 Å². The summed E-state index contributed by atoms with van der Waals surface area (Å²) in [6.45, 7) is 5.75. The Morgan fingerprint density at radius 1 is 1.28 bits per heavy atom. The first-order chi connectivity index (χ1) is 8.84. The lowest BCUT2D eigenvalue weighted by Gasteiger charge is -2.31. The van der Waals surface area contributed by atoms with Crippen LogP contribution in [0.15, 0.2) is 18.3 Å². The van der Waals surface area contributed by atoms with E-state index >= 15 is 0 Å². The van der Waals surface area contributed by atoms with Gasteiger partial charge in [-0.2, -0.15) is 0 Å². The van der Waals surface area contributed by atoms with Crippen molar-refractivity contribution in [1.82, 2.24) is 10.3 Å². The number of piperidine rings is 1. The van der Waals surface area contributed by atoms with Gasteiger partial charge in [0.25, 0.3) is 0 Å². The van der Waals surface area contributed by atoms with Crippen molar-refractivity contribution in [2.24, 2.45) is 5.92 Å². The van der Waals surface area contributed by atoms with Gasteiger partial charge in [-0.3, -0.25) is 0 Å². The summed E-state index contributed by atoms with van der Waals surface area (Å²) in [4.78, 5) is 7.19. The van der Waals surface area contributed by atoms with E-state index in [1.165, 1.54) is 56.7 Å². The average Bonchev–Trinajstić information content (AvgIpc) is 3.23. The van der Waals surface area contributed by atoms with E-state index in [0.29, 0.717) is 0 Å². The number of pyridine rings is 1. The standard InChI is InChI=1S/C15H23N3/c1-12-3-2-8-17-15(12)18(14-4-5-14)11-13-6-9-16-10-7-13/h2-3,8,13-14,16H,4-7,9-11H2,1H3. The third-order valence-corrected chi connectivity index (χ3v) is 4.16. The van der Waals surface area contributed by atoms with E-state index < -0.39 is 0 Å². The molecule has 1 aromatic heterocycles. The smallest absolute Gasteiger partial charge is 0.131 e. The van der Waals surface area contributed by atoms with Gasteiger partial charge in [0.15, 0.2) is 0 Å². The second-order valence-corrected chi connectivity index (χ2v) is 5.72. The molecule has 1 aliphatic heterocycles. The van der Waals surface area contributed by atoms with Crippen LogP contribution in [0, 0.1) is 12.8 Å². The van der Waals surface area contributed by atoms with Crippen LogP contribution in [-0.4, -0.2) is 30.7 Å². The zero-order valence-corrected chi connectivity index (χ0v) is 11.2. The molecule has 2 heterocycles. The number of hydrogen-bond donors (Lipinski definition) is 1. The number of anilines is 1. The van der Waals surface area contributed by atoms with Gasteiger partial charge < -0.3 is 10.2 Å². The van der Waals surface area contributed by atoms with Gasteiger partial charge >= 0.3 is 0 Å². The Hall–Kier alpha value is -1.09. The largest absolute Gasteiger partial charge is 0.353 e. The third kappa shape index (κ3) is 2.66. The molecule has 0 bridgehead atoms. The van der Waals surface area contributed by atoms with Crippen molar-refractivity contribution in [3.05, 3.63) is 23.9 Å². The van der Waals surface area contributed by atoms with Gasteiger partial charge in [-0.25, -0.2) is 4.98 Å². The molecule has 98 valence electrons. The van der Waals surface area contributed by atoms with Gasteiger partial charge in [0, 0.05) is 18.8 Å². The quantitative estimate of drug-likeness (QED) is 0.882. The highest BCUT2D eigenvalue weighted by Gasteiger charge is 2.32. The number of nitrogens with zero attached hydrogens (tertiary/aromatic N) is 2. The van der Waals surface area contributed by atoms with Crippen molar-refractivity contribution in [3.8, 4) is 0 Å². The maximum Gasteiger partial charge on any atom is 0.131 e. The lowest BCUT2D eigenvalue weighted by molar-refractivity contribution is 0.372. The molecule has 0 unspecified atom stereocenters. The molecule has 3 nitrogen and oxygen atoms in total. The lowest BCUT2D eigenvalue weighted by Crippen LogP contribution is -2.38. The predicted molar refractivity (Wildman–Crippen MR) is 74.9 cm³/mol. The van der Waals surface area contributed by atoms with Crippen LogP contribution < -0.4 is 10.2 Å². The van der Waals surface area contributed by atoms with E-state index in [2.05, 4.69) is 28.2 Å². The van der Waals surface area contributed by atoms with Crippen LogP contribution in [0.3, 0.4) is 0 Å². The van der Waals surface area contributed by atoms with Crippen LogP contribution in [0.1, 0.15) is 31.2 Å². The Balaban J connectivity index is 1.73. The summed E-state index contributed by atoms with van der Waals surface area (Å²) >= 11 is 0. The first kappa shape index (κ1) is 12.0. The highest BCUT2D eigenvalue weighted by Crippen LogP contribution is 2.33. The number of nitrogens with one attached hydrogen (secondary N) is 1. The van der Waals surface area contributed by atoms with Gasteiger partial charge in [-0.1, -0.05) is 6.07 Å². The van der Waals surface area contributed by atoms with Crippen LogP contribution in [0.5, 0.6) is 0 Å². The molecule has 2 fully saturated rings. The van der Waals surface area contributed by atoms with Crippen LogP contribution in [0.4, 0.5) is 5.82 Å². The summed E-state index contributed by atoms with van der Waals surface area (Å²) in [6, 6.07) is 4.97. The highest BCUT2D eigenvalue weighted by molar-refractivity contribution is 5.48. The number of hydrogen-bond acceptors (Lipinski definition) is 3. The van der Waals surface area contributed by atoms with Crippen molar-refractivity contribution >= 4 is 5.82 Å². The minimum Gasteiger partial charge on any atom is -0.353 e. The van der Waals surface area contributed by atoms with Crippen LogP contribution in [0.25, 0.3) is 0 Å².